The molecule has 20 heavy (non-hydrogen) atoms. The van der Waals surface area contributed by atoms with Crippen molar-refractivity contribution in [3.63, 3.8) is 0 Å². The van der Waals surface area contributed by atoms with Gasteiger partial charge in [0.25, 0.3) is 0 Å². The van der Waals surface area contributed by atoms with E-state index in [0.29, 0.717) is 0 Å². The minimum atomic E-state index is -0.646. The van der Waals surface area contributed by atoms with Crippen molar-refractivity contribution >= 4 is 0 Å². The summed E-state index contributed by atoms with van der Waals surface area (Å²) in [5.74, 6) is 0. The van der Waals surface area contributed by atoms with Gasteiger partial charge in [0.2, 0.25) is 0 Å². The molecule has 0 saturated heterocycles. The fourth-order valence-electron chi connectivity index (χ4n) is 2.25. The molecule has 0 aliphatic heterocycles. The monoisotopic (exact) mass is 261 g/mol. The van der Waals surface area contributed by atoms with Crippen LogP contribution in [0.3, 0.4) is 0 Å². The Morgan fingerprint density at radius 2 is 1.50 bits per heavy atom. The average Bonchev–Trinajstić information content (AvgIpc) is 2.56. The maximum atomic E-state index is 10.4. The van der Waals surface area contributed by atoms with Gasteiger partial charge in [0, 0.05) is 18.0 Å². The molecule has 0 spiro atoms. The Morgan fingerprint density at radius 3 is 2.25 bits per heavy atom. The van der Waals surface area contributed by atoms with E-state index in [2.05, 4.69) is 23.2 Å². The number of aliphatic hydroxyl groups is 1. The molecular weight excluding hydrogens is 246 g/mol. The number of benzene rings is 2. The fourth-order valence-corrected chi connectivity index (χ4v) is 2.25. The molecule has 1 atom stereocenters. The van der Waals surface area contributed by atoms with Gasteiger partial charge in [-0.1, -0.05) is 54.6 Å². The van der Waals surface area contributed by atoms with Crippen LogP contribution in [0.1, 0.15) is 17.2 Å². The Balaban J connectivity index is 1.96. The molecule has 3 aromatic rings. The second-order valence-corrected chi connectivity index (χ2v) is 4.68. The first-order valence-corrected chi connectivity index (χ1v) is 6.58. The molecule has 2 nitrogen and oxygen atoms in total. The lowest BCUT2D eigenvalue weighted by Crippen LogP contribution is -2.00. The zero-order valence-electron chi connectivity index (χ0n) is 11.0. The summed E-state index contributed by atoms with van der Waals surface area (Å²) in [5.41, 5.74) is 3.93. The summed E-state index contributed by atoms with van der Waals surface area (Å²) in [7, 11) is 0. The lowest BCUT2D eigenvalue weighted by Gasteiger charge is -2.12. The van der Waals surface area contributed by atoms with Gasteiger partial charge in [-0.05, 0) is 28.8 Å². The van der Waals surface area contributed by atoms with Crippen molar-refractivity contribution in [3.05, 3.63) is 90.3 Å². The molecule has 3 rings (SSSR count). The van der Waals surface area contributed by atoms with Gasteiger partial charge in [0.05, 0.1) is 0 Å². The highest BCUT2D eigenvalue weighted by Gasteiger charge is 2.11. The number of nitrogens with zero attached hydrogens (tertiary/aromatic N) is 1. The summed E-state index contributed by atoms with van der Waals surface area (Å²) in [6.45, 7) is 0. The fraction of sp³-hybridized carbons (Fsp3) is 0.0556. The van der Waals surface area contributed by atoms with E-state index < -0.39 is 6.10 Å². The van der Waals surface area contributed by atoms with Crippen molar-refractivity contribution in [2.75, 3.05) is 0 Å². The quantitative estimate of drug-likeness (QED) is 0.777. The van der Waals surface area contributed by atoms with Crippen molar-refractivity contribution in [1.82, 2.24) is 4.98 Å². The van der Waals surface area contributed by atoms with Gasteiger partial charge >= 0.3 is 0 Å². The van der Waals surface area contributed by atoms with E-state index in [4.69, 9.17) is 0 Å². The highest BCUT2D eigenvalue weighted by atomic mass is 16.3. The molecule has 1 aromatic heterocycles. The lowest BCUT2D eigenvalue weighted by atomic mass is 9.98. The molecule has 0 saturated carbocycles. The standard InChI is InChI=1S/C18H15NO/c20-18(17-10-5-11-19-13-17)16-9-4-8-15(12-16)14-6-2-1-3-7-14/h1-13,18,20H. The molecule has 1 heterocycles. The highest BCUT2D eigenvalue weighted by Crippen LogP contribution is 2.26. The molecule has 0 fully saturated rings. The second-order valence-electron chi connectivity index (χ2n) is 4.68. The molecule has 0 bridgehead atoms. The predicted molar refractivity (Wildman–Crippen MR) is 80.2 cm³/mol. The minimum Gasteiger partial charge on any atom is -0.384 e. The first-order valence-electron chi connectivity index (χ1n) is 6.58. The topological polar surface area (TPSA) is 33.1 Å². The van der Waals surface area contributed by atoms with E-state index in [9.17, 15) is 5.11 Å². The van der Waals surface area contributed by atoms with Crippen molar-refractivity contribution in [2.45, 2.75) is 6.10 Å². The van der Waals surface area contributed by atoms with Crippen molar-refractivity contribution in [2.24, 2.45) is 0 Å². The Morgan fingerprint density at radius 1 is 0.750 bits per heavy atom. The van der Waals surface area contributed by atoms with Gasteiger partial charge in [-0.3, -0.25) is 4.98 Å². The highest BCUT2D eigenvalue weighted by molar-refractivity contribution is 5.64. The van der Waals surface area contributed by atoms with Gasteiger partial charge in [-0.2, -0.15) is 0 Å². The molecule has 0 aliphatic carbocycles. The maximum absolute atomic E-state index is 10.4. The van der Waals surface area contributed by atoms with E-state index in [1.807, 2.05) is 48.5 Å². The van der Waals surface area contributed by atoms with E-state index in [0.717, 1.165) is 22.3 Å². The molecule has 1 N–H and O–H groups in total. The van der Waals surface area contributed by atoms with Gasteiger partial charge in [0.15, 0.2) is 0 Å². The van der Waals surface area contributed by atoms with Crippen LogP contribution in [0.25, 0.3) is 11.1 Å². The number of rotatable bonds is 3. The molecule has 2 heteroatoms. The van der Waals surface area contributed by atoms with Crippen LogP contribution in [0.2, 0.25) is 0 Å². The van der Waals surface area contributed by atoms with E-state index in [1.165, 1.54) is 0 Å². The third kappa shape index (κ3) is 2.60. The molecule has 0 aliphatic rings. The SMILES string of the molecule is OC(c1cccnc1)c1cccc(-c2ccccc2)c1. The van der Waals surface area contributed by atoms with E-state index >= 15 is 0 Å². The molecule has 0 amide bonds. The van der Waals surface area contributed by atoms with Crippen LogP contribution in [0.4, 0.5) is 0 Å². The number of hydrogen-bond acceptors (Lipinski definition) is 2. The minimum absolute atomic E-state index is 0.646. The number of aromatic nitrogens is 1. The van der Waals surface area contributed by atoms with Crippen LogP contribution in [0, 0.1) is 0 Å². The van der Waals surface area contributed by atoms with Gasteiger partial charge in [0.1, 0.15) is 6.10 Å². The summed E-state index contributed by atoms with van der Waals surface area (Å²) < 4.78 is 0. The van der Waals surface area contributed by atoms with E-state index in [-0.39, 0.29) is 0 Å². The van der Waals surface area contributed by atoms with Crippen LogP contribution in [0.15, 0.2) is 79.1 Å². The second kappa shape index (κ2) is 5.68. The lowest BCUT2D eigenvalue weighted by molar-refractivity contribution is 0.220. The zero-order valence-corrected chi connectivity index (χ0v) is 11.0. The summed E-state index contributed by atoms with van der Waals surface area (Å²) >= 11 is 0. The van der Waals surface area contributed by atoms with Crippen LogP contribution in [-0.4, -0.2) is 10.1 Å². The Kier molecular flexibility index (Phi) is 3.57. The number of pyridine rings is 1. The maximum Gasteiger partial charge on any atom is 0.106 e. The number of aliphatic hydroxyl groups excluding tert-OH is 1. The average molecular weight is 261 g/mol. The molecule has 1 unspecified atom stereocenters. The Bertz CT molecular complexity index is 680. The molecule has 98 valence electrons. The largest absolute Gasteiger partial charge is 0.384 e. The predicted octanol–water partition coefficient (Wildman–Crippen LogP) is 3.83. The summed E-state index contributed by atoms with van der Waals surface area (Å²) in [4.78, 5) is 4.05. The van der Waals surface area contributed by atoms with Crippen molar-refractivity contribution in [1.29, 1.82) is 0 Å². The zero-order chi connectivity index (χ0) is 13.8. The van der Waals surface area contributed by atoms with Crippen LogP contribution < -0.4 is 0 Å². The molecular formula is C18H15NO. The Labute approximate surface area is 118 Å². The van der Waals surface area contributed by atoms with Gasteiger partial charge in [-0.25, -0.2) is 0 Å². The summed E-state index contributed by atoms with van der Waals surface area (Å²) in [6.07, 6.45) is 2.75. The van der Waals surface area contributed by atoms with Crippen LogP contribution >= 0.6 is 0 Å². The van der Waals surface area contributed by atoms with Crippen LogP contribution in [0.5, 0.6) is 0 Å². The summed E-state index contributed by atoms with van der Waals surface area (Å²) in [5, 5.41) is 10.4. The summed E-state index contributed by atoms with van der Waals surface area (Å²) in [6, 6.07) is 21.8. The Hall–Kier alpha value is -2.45. The van der Waals surface area contributed by atoms with E-state index in [1.54, 1.807) is 12.4 Å². The molecule has 2 aromatic carbocycles. The van der Waals surface area contributed by atoms with Gasteiger partial charge in [-0.15, -0.1) is 0 Å². The molecule has 0 radical (unpaired) electrons. The first kappa shape index (κ1) is 12.6. The van der Waals surface area contributed by atoms with Gasteiger partial charge < -0.3 is 5.11 Å². The third-order valence-corrected chi connectivity index (χ3v) is 3.31. The van der Waals surface area contributed by atoms with Crippen molar-refractivity contribution < 1.29 is 5.11 Å². The first-order chi connectivity index (χ1) is 9.84. The normalized spacial score (nSPS) is 12.1. The smallest absolute Gasteiger partial charge is 0.106 e. The van der Waals surface area contributed by atoms with Crippen molar-refractivity contribution in [3.8, 4) is 11.1 Å². The van der Waals surface area contributed by atoms with Crippen LogP contribution in [-0.2, 0) is 0 Å². The number of hydrogen-bond donors (Lipinski definition) is 1. The third-order valence-electron chi connectivity index (χ3n) is 3.31.